The molecule has 1 aliphatic heterocycles. The Bertz CT molecular complexity index is 954. The summed E-state index contributed by atoms with van der Waals surface area (Å²) in [5.74, 6) is 2.56. The molecule has 0 unspecified atom stereocenters. The molecule has 0 atom stereocenters. The Morgan fingerprint density at radius 1 is 1.00 bits per heavy atom. The number of carbonyl (C=O) groups excluding carboxylic acids is 1. The van der Waals surface area contributed by atoms with Crippen LogP contribution in [0.15, 0.2) is 0 Å². The van der Waals surface area contributed by atoms with Gasteiger partial charge in [0.15, 0.2) is 0 Å². The van der Waals surface area contributed by atoms with E-state index >= 15 is 0 Å². The minimum absolute atomic E-state index is 0.0234. The minimum Gasteiger partial charge on any atom is -0.481 e. The molecule has 1 heterocycles. The highest BCUT2D eigenvalue weighted by atomic mass is 28.3. The van der Waals surface area contributed by atoms with Crippen molar-refractivity contribution in [2.45, 2.75) is 73.2 Å². The second-order valence-electron chi connectivity index (χ2n) is 10.6. The van der Waals surface area contributed by atoms with E-state index in [9.17, 15) is 14.7 Å². The molecule has 7 heteroatoms. The van der Waals surface area contributed by atoms with Crippen LogP contribution in [0.3, 0.4) is 0 Å². The normalized spacial score (nSPS) is 14.7. The molecule has 2 rings (SSSR count). The number of piperazine rings is 1. The van der Waals surface area contributed by atoms with E-state index in [2.05, 4.69) is 42.9 Å². The predicted molar refractivity (Wildman–Crippen MR) is 132 cm³/mol. The van der Waals surface area contributed by atoms with Gasteiger partial charge in [-0.1, -0.05) is 25.6 Å². The Balaban J connectivity index is 2.44. The van der Waals surface area contributed by atoms with Crippen molar-refractivity contribution in [2.24, 2.45) is 0 Å². The number of carbonyl (C=O) groups is 2. The fourth-order valence-electron chi connectivity index (χ4n) is 4.02. The van der Waals surface area contributed by atoms with E-state index in [1.165, 1.54) is 0 Å². The number of ether oxygens (including phenoxy) is 1. The molecule has 176 valence electrons. The fourth-order valence-corrected chi connectivity index (χ4v) is 4.52. The summed E-state index contributed by atoms with van der Waals surface area (Å²) in [5.41, 5.74) is 8.81. The third-order valence-corrected chi connectivity index (χ3v) is 6.38. The highest BCUT2D eigenvalue weighted by Crippen LogP contribution is 2.35. The van der Waals surface area contributed by atoms with Crippen LogP contribution >= 0.6 is 0 Å². The molecule has 0 saturated carbocycles. The molecule has 1 N–H and O–H groups in total. The van der Waals surface area contributed by atoms with E-state index < -0.39 is 19.6 Å². The van der Waals surface area contributed by atoms with Crippen LogP contribution in [0.25, 0.3) is 0 Å². The van der Waals surface area contributed by atoms with Crippen LogP contribution in [-0.4, -0.2) is 61.9 Å². The molecule has 0 bridgehead atoms. The van der Waals surface area contributed by atoms with Crippen molar-refractivity contribution in [3.63, 3.8) is 0 Å². The predicted octanol–water partition coefficient (Wildman–Crippen LogP) is 4.52. The summed E-state index contributed by atoms with van der Waals surface area (Å²) in [4.78, 5) is 28.1. The van der Waals surface area contributed by atoms with Gasteiger partial charge in [0.25, 0.3) is 0 Å². The molecule has 0 aliphatic carbocycles. The molecule has 1 aromatic rings. The number of rotatable bonds is 3. The van der Waals surface area contributed by atoms with Gasteiger partial charge in [0.05, 0.1) is 6.42 Å². The van der Waals surface area contributed by atoms with Crippen LogP contribution in [-0.2, 0) is 16.0 Å². The smallest absolute Gasteiger partial charge is 0.410 e. The Morgan fingerprint density at radius 3 is 2.03 bits per heavy atom. The van der Waals surface area contributed by atoms with Crippen LogP contribution in [0, 0.1) is 32.2 Å². The molecule has 1 aliphatic rings. The van der Waals surface area contributed by atoms with Crippen molar-refractivity contribution >= 4 is 25.8 Å². The van der Waals surface area contributed by atoms with E-state index in [1.54, 1.807) is 4.90 Å². The number of hydrogen-bond donors (Lipinski definition) is 1. The van der Waals surface area contributed by atoms with Crippen molar-refractivity contribution in [2.75, 3.05) is 31.1 Å². The van der Waals surface area contributed by atoms with E-state index in [0.29, 0.717) is 26.2 Å². The van der Waals surface area contributed by atoms with Crippen LogP contribution in [0.5, 0.6) is 0 Å². The first-order valence-electron chi connectivity index (χ1n) is 11.2. The standard InChI is InChI=1S/C25H38N2O4Si/c1-17-20(10-15-32(7,8)9)18(2)23(19(3)21(17)16-22(28)29)26-11-13-27(14-12-26)24(30)31-25(4,5)6/h11-14,16H2,1-9H3,(H,28,29). The van der Waals surface area contributed by atoms with E-state index in [1.807, 2.05) is 34.6 Å². The number of carboxylic acid groups (broad SMARTS) is 1. The van der Waals surface area contributed by atoms with Gasteiger partial charge >= 0.3 is 12.1 Å². The van der Waals surface area contributed by atoms with Crippen LogP contribution < -0.4 is 4.90 Å². The van der Waals surface area contributed by atoms with E-state index in [-0.39, 0.29) is 12.5 Å². The van der Waals surface area contributed by atoms with Gasteiger partial charge in [-0.25, -0.2) is 4.79 Å². The Kier molecular flexibility index (Phi) is 7.72. The molecular weight excluding hydrogens is 420 g/mol. The van der Waals surface area contributed by atoms with Crippen molar-refractivity contribution in [1.29, 1.82) is 0 Å². The van der Waals surface area contributed by atoms with Crippen LogP contribution in [0.2, 0.25) is 19.6 Å². The number of anilines is 1. The summed E-state index contributed by atoms with van der Waals surface area (Å²) < 4.78 is 5.52. The molecule has 0 radical (unpaired) electrons. The van der Waals surface area contributed by atoms with Gasteiger partial charge in [-0.05, 0) is 63.8 Å². The van der Waals surface area contributed by atoms with Crippen molar-refractivity contribution < 1.29 is 19.4 Å². The first-order chi connectivity index (χ1) is 14.6. The zero-order chi connectivity index (χ0) is 24.4. The van der Waals surface area contributed by atoms with Gasteiger partial charge in [-0.2, -0.15) is 0 Å². The zero-order valence-corrected chi connectivity index (χ0v) is 22.1. The van der Waals surface area contributed by atoms with E-state index in [0.717, 1.165) is 33.5 Å². The van der Waals surface area contributed by atoms with Gasteiger partial charge in [0.2, 0.25) is 0 Å². The number of aliphatic carboxylic acids is 1. The maximum absolute atomic E-state index is 12.4. The minimum atomic E-state index is -1.60. The van der Waals surface area contributed by atoms with Gasteiger partial charge in [0, 0.05) is 37.4 Å². The first-order valence-corrected chi connectivity index (χ1v) is 14.7. The maximum Gasteiger partial charge on any atom is 0.410 e. The van der Waals surface area contributed by atoms with Gasteiger partial charge in [-0.3, -0.25) is 4.79 Å². The number of amides is 1. The molecule has 32 heavy (non-hydrogen) atoms. The lowest BCUT2D eigenvalue weighted by molar-refractivity contribution is -0.136. The van der Waals surface area contributed by atoms with Crippen molar-refractivity contribution in [3.8, 4) is 11.5 Å². The van der Waals surface area contributed by atoms with Crippen molar-refractivity contribution in [3.05, 3.63) is 27.8 Å². The lowest BCUT2D eigenvalue weighted by Crippen LogP contribution is -2.50. The summed E-state index contributed by atoms with van der Waals surface area (Å²) in [6, 6.07) is 0. The quantitative estimate of drug-likeness (QED) is 0.532. The average Bonchev–Trinajstić information content (AvgIpc) is 2.63. The molecule has 6 nitrogen and oxygen atoms in total. The molecule has 1 amide bonds. The molecule has 0 aromatic heterocycles. The SMILES string of the molecule is Cc1c(C#C[Si](C)(C)C)c(C)c(N2CCN(C(=O)OC(C)(C)C)CC2)c(C)c1CC(=O)O. The molecule has 1 aromatic carbocycles. The number of hydrogen-bond acceptors (Lipinski definition) is 4. The second-order valence-corrected chi connectivity index (χ2v) is 15.4. The topological polar surface area (TPSA) is 70.1 Å². The molecular formula is C25H38N2O4Si. The number of benzene rings is 1. The summed E-state index contributed by atoms with van der Waals surface area (Å²) in [6.07, 6.45) is -0.312. The molecule has 1 fully saturated rings. The van der Waals surface area contributed by atoms with Crippen LogP contribution in [0.1, 0.15) is 48.6 Å². The molecule has 1 saturated heterocycles. The Hall–Kier alpha value is -2.46. The average molecular weight is 459 g/mol. The summed E-state index contributed by atoms with van der Waals surface area (Å²) >= 11 is 0. The largest absolute Gasteiger partial charge is 0.481 e. The molecule has 0 spiro atoms. The maximum atomic E-state index is 12.4. The lowest BCUT2D eigenvalue weighted by Gasteiger charge is -2.38. The summed E-state index contributed by atoms with van der Waals surface area (Å²) in [7, 11) is -1.60. The zero-order valence-electron chi connectivity index (χ0n) is 21.1. The number of carboxylic acids is 1. The van der Waals surface area contributed by atoms with Gasteiger partial charge < -0.3 is 19.6 Å². The van der Waals surface area contributed by atoms with Gasteiger partial charge in [0.1, 0.15) is 13.7 Å². The van der Waals surface area contributed by atoms with Gasteiger partial charge in [-0.15, -0.1) is 5.54 Å². The lowest BCUT2D eigenvalue weighted by atomic mass is 9.89. The third-order valence-electron chi connectivity index (χ3n) is 5.50. The second kappa shape index (κ2) is 9.58. The fraction of sp³-hybridized carbons (Fsp3) is 0.600. The Morgan fingerprint density at radius 2 is 1.56 bits per heavy atom. The summed E-state index contributed by atoms with van der Waals surface area (Å²) in [5, 5.41) is 9.52. The highest BCUT2D eigenvalue weighted by Gasteiger charge is 2.28. The third kappa shape index (κ3) is 6.52. The monoisotopic (exact) mass is 458 g/mol. The first kappa shape index (κ1) is 25.8. The van der Waals surface area contributed by atoms with E-state index in [4.69, 9.17) is 4.74 Å². The summed E-state index contributed by atoms with van der Waals surface area (Å²) in [6.45, 7) is 20.7. The highest BCUT2D eigenvalue weighted by molar-refractivity contribution is 6.83. The number of nitrogens with zero attached hydrogens (tertiary/aromatic N) is 2. The van der Waals surface area contributed by atoms with Crippen molar-refractivity contribution in [1.82, 2.24) is 4.90 Å². The van der Waals surface area contributed by atoms with Crippen LogP contribution in [0.4, 0.5) is 10.5 Å². The Labute approximate surface area is 193 Å².